The van der Waals surface area contributed by atoms with Crippen molar-refractivity contribution < 1.29 is 4.74 Å². The molecule has 0 amide bonds. The number of aromatic nitrogens is 2. The molecule has 1 aliphatic heterocycles. The summed E-state index contributed by atoms with van der Waals surface area (Å²) in [5.74, 6) is 0. The van der Waals surface area contributed by atoms with E-state index in [0.717, 1.165) is 32.2 Å². The van der Waals surface area contributed by atoms with Gasteiger partial charge >= 0.3 is 0 Å². The molecule has 1 atom stereocenters. The van der Waals surface area contributed by atoms with Crippen molar-refractivity contribution in [3.8, 4) is 17.3 Å². The van der Waals surface area contributed by atoms with Gasteiger partial charge in [-0.15, -0.1) is 0 Å². The van der Waals surface area contributed by atoms with Gasteiger partial charge in [-0.05, 0) is 35.9 Å². The highest BCUT2D eigenvalue weighted by atomic mass is 32.1. The number of hydrogen-bond donors (Lipinski definition) is 0. The maximum absolute atomic E-state index is 9.32. The van der Waals surface area contributed by atoms with Gasteiger partial charge in [0.05, 0.1) is 34.4 Å². The maximum atomic E-state index is 9.32. The fraction of sp³-hybridized carbons (Fsp3) is 0.120. The van der Waals surface area contributed by atoms with Crippen LogP contribution < -0.4 is 4.90 Å². The van der Waals surface area contributed by atoms with Crippen LogP contribution in [-0.2, 0) is 11.3 Å². The predicted octanol–water partition coefficient (Wildman–Crippen LogP) is 5.55. The van der Waals surface area contributed by atoms with Gasteiger partial charge < -0.3 is 4.74 Å². The third-order valence-electron chi connectivity index (χ3n) is 5.10. The summed E-state index contributed by atoms with van der Waals surface area (Å²) in [7, 11) is 0. The number of nitriles is 1. The summed E-state index contributed by atoms with van der Waals surface area (Å²) in [5.41, 5.74) is 3.92. The topological polar surface area (TPSA) is 74.4 Å². The van der Waals surface area contributed by atoms with Gasteiger partial charge in [0, 0.05) is 18.0 Å². The highest BCUT2D eigenvalue weighted by Gasteiger charge is 2.28. The number of hydrogen-bond acceptors (Lipinski definition) is 7. The van der Waals surface area contributed by atoms with Crippen molar-refractivity contribution in [2.45, 2.75) is 19.1 Å². The summed E-state index contributed by atoms with van der Waals surface area (Å²) in [4.78, 5) is 15.5. The van der Waals surface area contributed by atoms with Crippen molar-refractivity contribution in [1.29, 1.82) is 5.26 Å². The average Bonchev–Trinajstić information content (AvgIpc) is 3.28. The Balaban J connectivity index is 1.37. The van der Waals surface area contributed by atoms with Crippen LogP contribution >= 0.6 is 11.3 Å². The van der Waals surface area contributed by atoms with E-state index < -0.39 is 0 Å². The molecule has 1 unspecified atom stereocenters. The van der Waals surface area contributed by atoms with E-state index in [1.54, 1.807) is 23.7 Å². The minimum Gasteiger partial charge on any atom is -0.460 e. The minimum atomic E-state index is -0.181. The fourth-order valence-electron chi connectivity index (χ4n) is 3.50. The van der Waals surface area contributed by atoms with E-state index in [9.17, 15) is 5.26 Å². The van der Waals surface area contributed by atoms with Crippen molar-refractivity contribution in [3.05, 3.63) is 90.8 Å². The van der Waals surface area contributed by atoms with Crippen LogP contribution in [0.3, 0.4) is 0 Å². The van der Waals surface area contributed by atoms with E-state index in [2.05, 4.69) is 16.0 Å². The average molecular weight is 438 g/mol. The van der Waals surface area contributed by atoms with E-state index in [4.69, 9.17) is 9.72 Å². The molecule has 2 aromatic carbocycles. The van der Waals surface area contributed by atoms with Gasteiger partial charge in [0.1, 0.15) is 6.61 Å². The van der Waals surface area contributed by atoms with Gasteiger partial charge in [0.25, 0.3) is 6.02 Å². The highest BCUT2D eigenvalue weighted by Crippen LogP contribution is 2.32. The molecule has 5 rings (SSSR count). The van der Waals surface area contributed by atoms with E-state index in [0.29, 0.717) is 19.0 Å². The molecule has 0 radical (unpaired) electrons. The first-order valence-electron chi connectivity index (χ1n) is 10.2. The summed E-state index contributed by atoms with van der Waals surface area (Å²) >= 11 is 1.56. The SMILES string of the molecule is N#CCC1C=CN=C(OCc2ccc(-c3ccccn3)cc2)N1c1nc2ccccc2s1. The van der Waals surface area contributed by atoms with Crippen LogP contribution in [0.25, 0.3) is 21.5 Å². The zero-order valence-electron chi connectivity index (χ0n) is 17.1. The molecular formula is C25H19N5OS. The smallest absolute Gasteiger partial charge is 0.299 e. The van der Waals surface area contributed by atoms with Gasteiger partial charge in [0.15, 0.2) is 5.13 Å². The van der Waals surface area contributed by atoms with E-state index in [1.807, 2.05) is 77.7 Å². The summed E-state index contributed by atoms with van der Waals surface area (Å²) < 4.78 is 7.20. The van der Waals surface area contributed by atoms with Crippen molar-refractivity contribution in [1.82, 2.24) is 9.97 Å². The fourth-order valence-corrected chi connectivity index (χ4v) is 4.51. The molecule has 0 spiro atoms. The van der Waals surface area contributed by atoms with Crippen LogP contribution in [0.15, 0.2) is 90.2 Å². The number of amidine groups is 1. The number of nitrogens with zero attached hydrogens (tertiary/aromatic N) is 5. The zero-order chi connectivity index (χ0) is 21.8. The Morgan fingerprint density at radius 2 is 1.88 bits per heavy atom. The number of rotatable bonds is 5. The molecule has 3 heterocycles. The normalized spacial score (nSPS) is 15.4. The number of para-hydroxylation sites is 1. The molecule has 0 bridgehead atoms. The van der Waals surface area contributed by atoms with Crippen molar-refractivity contribution in [2.75, 3.05) is 4.90 Å². The van der Waals surface area contributed by atoms with Crippen LogP contribution in [0.5, 0.6) is 0 Å². The summed E-state index contributed by atoms with van der Waals surface area (Å²) in [6.07, 6.45) is 5.71. The molecule has 0 aliphatic carbocycles. The Hall–Kier alpha value is -4.02. The number of benzene rings is 2. The Labute approximate surface area is 189 Å². The third kappa shape index (κ3) is 4.09. The predicted molar refractivity (Wildman–Crippen MR) is 127 cm³/mol. The van der Waals surface area contributed by atoms with E-state index in [-0.39, 0.29) is 6.04 Å². The van der Waals surface area contributed by atoms with Gasteiger partial charge in [-0.3, -0.25) is 9.88 Å². The number of thiazole rings is 1. The number of fused-ring (bicyclic) bond motifs is 1. The lowest BCUT2D eigenvalue weighted by Gasteiger charge is -2.30. The van der Waals surface area contributed by atoms with E-state index >= 15 is 0 Å². The number of pyridine rings is 1. The number of ether oxygens (including phenoxy) is 1. The Morgan fingerprint density at radius 3 is 2.66 bits per heavy atom. The largest absolute Gasteiger partial charge is 0.460 e. The number of anilines is 1. The van der Waals surface area contributed by atoms with Crippen molar-refractivity contribution in [2.24, 2.45) is 4.99 Å². The minimum absolute atomic E-state index is 0.181. The maximum Gasteiger partial charge on any atom is 0.299 e. The lowest BCUT2D eigenvalue weighted by molar-refractivity contribution is 0.281. The summed E-state index contributed by atoms with van der Waals surface area (Å²) in [6.45, 7) is 0.357. The first-order valence-corrected chi connectivity index (χ1v) is 11.0. The third-order valence-corrected chi connectivity index (χ3v) is 6.14. The van der Waals surface area contributed by atoms with Gasteiger partial charge in [-0.25, -0.2) is 9.98 Å². The molecular weight excluding hydrogens is 418 g/mol. The number of aliphatic imine (C=N–C) groups is 1. The molecule has 6 nitrogen and oxygen atoms in total. The Kier molecular flexibility index (Phi) is 5.60. The van der Waals surface area contributed by atoms with Crippen molar-refractivity contribution >= 4 is 32.7 Å². The molecule has 0 saturated heterocycles. The quantitative estimate of drug-likeness (QED) is 0.409. The molecule has 2 aromatic heterocycles. The molecule has 0 N–H and O–H groups in total. The molecule has 156 valence electrons. The Bertz CT molecular complexity index is 1290. The monoisotopic (exact) mass is 437 g/mol. The van der Waals surface area contributed by atoms with Gasteiger partial charge in [-0.1, -0.05) is 53.8 Å². The van der Waals surface area contributed by atoms with E-state index in [1.165, 1.54) is 0 Å². The molecule has 4 aromatic rings. The molecule has 0 saturated carbocycles. The van der Waals surface area contributed by atoms with Crippen LogP contribution in [0.1, 0.15) is 12.0 Å². The summed E-state index contributed by atoms with van der Waals surface area (Å²) in [6, 6.07) is 24.5. The summed E-state index contributed by atoms with van der Waals surface area (Å²) in [5, 5.41) is 10.1. The van der Waals surface area contributed by atoms with Gasteiger partial charge in [-0.2, -0.15) is 5.26 Å². The first-order chi connectivity index (χ1) is 15.8. The van der Waals surface area contributed by atoms with Crippen molar-refractivity contribution in [3.63, 3.8) is 0 Å². The van der Waals surface area contributed by atoms with Crippen LogP contribution in [-0.4, -0.2) is 22.0 Å². The Morgan fingerprint density at radius 1 is 1.03 bits per heavy atom. The van der Waals surface area contributed by atoms with Crippen LogP contribution in [0.2, 0.25) is 0 Å². The molecule has 7 heteroatoms. The standard InChI is InChI=1S/C25H19N5OS/c26-14-12-20-13-16-28-24(30(20)25-29-22-6-1-2-7-23(22)32-25)31-17-18-8-10-19(11-9-18)21-5-3-4-15-27-21/h1-11,13,15-16,20H,12,17H2. The van der Waals surface area contributed by atoms with Crippen LogP contribution in [0.4, 0.5) is 5.13 Å². The second-order valence-electron chi connectivity index (χ2n) is 7.22. The molecule has 1 aliphatic rings. The molecule has 32 heavy (non-hydrogen) atoms. The van der Waals surface area contributed by atoms with Gasteiger partial charge in [0.2, 0.25) is 0 Å². The second kappa shape index (κ2) is 9.00. The zero-order valence-corrected chi connectivity index (χ0v) is 17.9. The second-order valence-corrected chi connectivity index (χ2v) is 8.23. The lowest BCUT2D eigenvalue weighted by atomic mass is 10.1. The lowest BCUT2D eigenvalue weighted by Crippen LogP contribution is -2.42. The molecule has 0 fully saturated rings. The highest BCUT2D eigenvalue weighted by molar-refractivity contribution is 7.22. The van der Waals surface area contributed by atoms with Crippen LogP contribution in [0, 0.1) is 11.3 Å². The first kappa shape index (κ1) is 19.9.